The second-order valence-electron chi connectivity index (χ2n) is 3.32. The van der Waals surface area contributed by atoms with Gasteiger partial charge in [-0.05, 0) is 0 Å². The molecule has 0 unspecified atom stereocenters. The summed E-state index contributed by atoms with van der Waals surface area (Å²) in [6.45, 7) is -1.70. The zero-order valence-electron chi connectivity index (χ0n) is 11.2. The Kier molecular flexibility index (Phi) is 23.7. The normalized spacial score (nSPS) is 12.8. The molecule has 13 heteroatoms. The van der Waals surface area contributed by atoms with Crippen LogP contribution < -0.4 is 32.5 Å². The summed E-state index contributed by atoms with van der Waals surface area (Å²) < 4.78 is 0. The van der Waals surface area contributed by atoms with Crippen LogP contribution in [0.1, 0.15) is 0 Å². The first-order chi connectivity index (χ1) is 9.54. The number of aliphatic hydroxyl groups excluding tert-OH is 3. The Morgan fingerprint density at radius 2 is 0.818 bits per heavy atom. The van der Waals surface area contributed by atoms with Gasteiger partial charge >= 0.3 is 22.4 Å². The fraction of sp³-hybridized carbons (Fsp3) is 0.667. The van der Waals surface area contributed by atoms with E-state index in [0.29, 0.717) is 0 Å². The van der Waals surface area contributed by atoms with E-state index in [2.05, 4.69) is 0 Å². The van der Waals surface area contributed by atoms with Crippen molar-refractivity contribution in [1.29, 1.82) is 0 Å². The molecule has 3 atom stereocenters. The molecule has 0 saturated carbocycles. The first-order valence-electron chi connectivity index (χ1n) is 5.26. The predicted octanol–water partition coefficient (Wildman–Crippen LogP) is -8.83. The second kappa shape index (κ2) is 18.0. The van der Waals surface area contributed by atoms with Gasteiger partial charge in [0.15, 0.2) is 0 Å². The molecule has 0 aliphatic rings. The van der Waals surface area contributed by atoms with Gasteiger partial charge in [-0.15, -0.1) is 0 Å². The Hall–Kier alpha value is -1.09. The zero-order chi connectivity index (χ0) is 17.6. The molecule has 0 rings (SSSR count). The van der Waals surface area contributed by atoms with E-state index in [0.717, 1.165) is 0 Å². The molecule has 0 radical (unpaired) electrons. The van der Waals surface area contributed by atoms with Gasteiger partial charge in [0.25, 0.3) is 0 Å². The SMILES string of the molecule is N[C@@H](CO)C(=O)[O-].N[C@@H](CO)C(=O)[O-].N[C@@H](CO)C(=O)[O-].[Au+3]. The van der Waals surface area contributed by atoms with E-state index in [1.54, 1.807) is 0 Å². The van der Waals surface area contributed by atoms with Crippen molar-refractivity contribution in [3.05, 3.63) is 0 Å². The largest absolute Gasteiger partial charge is 3.00 e. The van der Waals surface area contributed by atoms with E-state index in [1.165, 1.54) is 0 Å². The van der Waals surface area contributed by atoms with Gasteiger partial charge in [-0.1, -0.05) is 0 Å². The standard InChI is InChI=1S/3C3H7NO3.Au/c3*4-2(1-5)3(6)7;/h3*2,5H,1,4H2,(H,6,7);/q;;;+3/p-3/t3*2-;/m000./s1. The molecule has 0 aromatic heterocycles. The van der Waals surface area contributed by atoms with Crippen LogP contribution in [-0.4, -0.2) is 71.2 Å². The number of aliphatic carboxylic acids is 3. The third-order valence-corrected chi connectivity index (χ3v) is 1.50. The number of hydrogen-bond donors (Lipinski definition) is 6. The molecule has 9 N–H and O–H groups in total. The Morgan fingerprint density at radius 3 is 0.818 bits per heavy atom. The fourth-order valence-corrected chi connectivity index (χ4v) is 0.224. The molecular formula is C9H18AuN3O9. The minimum atomic E-state index is -1.43. The smallest absolute Gasteiger partial charge is 0.548 e. The molecule has 0 aromatic rings. The third-order valence-electron chi connectivity index (χ3n) is 1.50. The summed E-state index contributed by atoms with van der Waals surface area (Å²) >= 11 is 0. The fourth-order valence-electron chi connectivity index (χ4n) is 0.224. The van der Waals surface area contributed by atoms with E-state index in [9.17, 15) is 29.7 Å². The van der Waals surface area contributed by atoms with Crippen molar-refractivity contribution in [3.63, 3.8) is 0 Å². The summed E-state index contributed by atoms with van der Waals surface area (Å²) in [7, 11) is 0. The maximum atomic E-state index is 9.53. The van der Waals surface area contributed by atoms with Crippen molar-refractivity contribution >= 4 is 17.9 Å². The molecule has 0 amide bonds. The van der Waals surface area contributed by atoms with E-state index in [-0.39, 0.29) is 22.4 Å². The summed E-state index contributed by atoms with van der Waals surface area (Å²) in [5.74, 6) is -4.28. The number of carbonyl (C=O) groups excluding carboxylic acids is 3. The quantitative estimate of drug-likeness (QED) is 0.182. The number of hydrogen-bond acceptors (Lipinski definition) is 12. The van der Waals surface area contributed by atoms with Gasteiger partial charge in [0.1, 0.15) is 0 Å². The molecule has 0 heterocycles. The first kappa shape index (κ1) is 29.0. The maximum Gasteiger partial charge on any atom is 3.00 e. The molecule has 12 nitrogen and oxygen atoms in total. The van der Waals surface area contributed by atoms with E-state index in [1.807, 2.05) is 0 Å². The van der Waals surface area contributed by atoms with Crippen molar-refractivity contribution in [2.24, 2.45) is 17.2 Å². The van der Waals surface area contributed by atoms with Gasteiger partial charge < -0.3 is 62.2 Å². The summed E-state index contributed by atoms with van der Waals surface area (Å²) in [6, 6.07) is -3.71. The summed E-state index contributed by atoms with van der Waals surface area (Å²) in [4.78, 5) is 28.6. The minimum Gasteiger partial charge on any atom is -0.548 e. The average Bonchev–Trinajstić information content (AvgIpc) is 2.45. The van der Waals surface area contributed by atoms with Crippen LogP contribution in [0.25, 0.3) is 0 Å². The molecule has 0 saturated heterocycles. The number of rotatable bonds is 6. The summed E-state index contributed by atoms with van der Waals surface area (Å²) in [6.07, 6.45) is 0. The van der Waals surface area contributed by atoms with Crippen molar-refractivity contribution in [3.8, 4) is 0 Å². The van der Waals surface area contributed by atoms with Crippen LogP contribution in [0.5, 0.6) is 0 Å². The van der Waals surface area contributed by atoms with Crippen molar-refractivity contribution < 1.29 is 67.4 Å². The van der Waals surface area contributed by atoms with Crippen LogP contribution >= 0.6 is 0 Å². The van der Waals surface area contributed by atoms with Crippen LogP contribution in [0.2, 0.25) is 0 Å². The van der Waals surface area contributed by atoms with E-state index in [4.69, 9.17) is 32.5 Å². The summed E-state index contributed by atoms with van der Waals surface area (Å²) in [5, 5.41) is 52.5. The van der Waals surface area contributed by atoms with Crippen LogP contribution in [0, 0.1) is 0 Å². The number of nitrogens with two attached hydrogens (primary N) is 3. The number of aliphatic hydroxyl groups is 3. The van der Waals surface area contributed by atoms with Crippen molar-refractivity contribution in [1.82, 2.24) is 0 Å². The molecule has 0 fully saturated rings. The average molecular weight is 509 g/mol. The molecule has 0 aliphatic heterocycles. The van der Waals surface area contributed by atoms with Gasteiger partial charge in [0.05, 0.1) is 55.9 Å². The van der Waals surface area contributed by atoms with Crippen LogP contribution in [0.4, 0.5) is 0 Å². The van der Waals surface area contributed by atoms with Crippen LogP contribution in [0.15, 0.2) is 0 Å². The van der Waals surface area contributed by atoms with E-state index >= 15 is 0 Å². The first-order valence-corrected chi connectivity index (χ1v) is 5.26. The van der Waals surface area contributed by atoms with Crippen molar-refractivity contribution in [2.45, 2.75) is 18.1 Å². The number of carboxylic acid groups (broad SMARTS) is 3. The molecule has 0 aliphatic carbocycles. The van der Waals surface area contributed by atoms with Gasteiger partial charge in [0.2, 0.25) is 0 Å². The number of carbonyl (C=O) groups is 3. The zero-order valence-corrected chi connectivity index (χ0v) is 13.3. The molecular weight excluding hydrogens is 491 g/mol. The molecule has 0 spiro atoms. The molecule has 134 valence electrons. The molecule has 0 bridgehead atoms. The maximum absolute atomic E-state index is 9.53. The Labute approximate surface area is 141 Å². The van der Waals surface area contributed by atoms with Crippen molar-refractivity contribution in [2.75, 3.05) is 19.8 Å². The monoisotopic (exact) mass is 509 g/mol. The molecule has 0 aromatic carbocycles. The topological polar surface area (TPSA) is 259 Å². The second-order valence-corrected chi connectivity index (χ2v) is 3.32. The van der Waals surface area contributed by atoms with Gasteiger partial charge in [-0.25, -0.2) is 0 Å². The number of carboxylic acids is 3. The third kappa shape index (κ3) is 21.2. The Morgan fingerprint density at radius 1 is 0.682 bits per heavy atom. The van der Waals surface area contributed by atoms with Gasteiger partial charge in [-0.3, -0.25) is 0 Å². The van der Waals surface area contributed by atoms with E-state index < -0.39 is 55.9 Å². The van der Waals surface area contributed by atoms with Crippen LogP contribution in [0.3, 0.4) is 0 Å². The Balaban J connectivity index is -0.000000108. The van der Waals surface area contributed by atoms with Gasteiger partial charge in [-0.2, -0.15) is 0 Å². The summed E-state index contributed by atoms with van der Waals surface area (Å²) in [5.41, 5.74) is 14.1. The van der Waals surface area contributed by atoms with Crippen LogP contribution in [-0.2, 0) is 36.8 Å². The predicted molar refractivity (Wildman–Crippen MR) is 60.2 cm³/mol. The van der Waals surface area contributed by atoms with Gasteiger partial charge in [0, 0.05) is 0 Å². The minimum absolute atomic E-state index is 0. The Bertz CT molecular complexity index is 271. The molecule has 22 heavy (non-hydrogen) atoms.